The molecule has 0 spiro atoms. The molecule has 1 heteroatoms. The third kappa shape index (κ3) is 5.36. The zero-order valence-corrected chi connectivity index (χ0v) is 15.0. The van der Waals surface area contributed by atoms with Crippen LogP contribution in [0, 0.1) is 27.2 Å². The first kappa shape index (κ1) is 17.0. The zero-order chi connectivity index (χ0) is 17.6. The number of rotatable bonds is 3. The highest BCUT2D eigenvalue weighted by Gasteiger charge is 2.10. The molecule has 0 amide bonds. The van der Waals surface area contributed by atoms with Gasteiger partial charge >= 0.3 is 0 Å². The lowest BCUT2D eigenvalue weighted by molar-refractivity contribution is 0.482. The highest BCUT2D eigenvalue weighted by Crippen LogP contribution is 2.31. The number of allylic oxidation sites excluding steroid dienone is 2. The SMILES string of the molecule is Cc1ccc(C)cc1.Cc1ccc(Oc2ccc(C3=C[CH]3)cc2)cc1. The molecule has 0 aromatic heterocycles. The van der Waals surface area contributed by atoms with Gasteiger partial charge in [-0.25, -0.2) is 0 Å². The van der Waals surface area contributed by atoms with E-state index in [0.29, 0.717) is 0 Å². The summed E-state index contributed by atoms with van der Waals surface area (Å²) in [5.74, 6) is 1.75. The van der Waals surface area contributed by atoms with Crippen LogP contribution in [0.25, 0.3) is 5.57 Å². The Morgan fingerprint density at radius 3 is 1.28 bits per heavy atom. The lowest BCUT2D eigenvalue weighted by Gasteiger charge is -2.06. The second kappa shape index (κ2) is 7.85. The van der Waals surface area contributed by atoms with Gasteiger partial charge in [-0.05, 0) is 56.2 Å². The quantitative estimate of drug-likeness (QED) is 0.520. The fourth-order valence-electron chi connectivity index (χ4n) is 2.33. The molecule has 0 unspecified atom stereocenters. The Kier molecular flexibility index (Phi) is 5.35. The Balaban J connectivity index is 0.000000192. The van der Waals surface area contributed by atoms with E-state index in [-0.39, 0.29) is 0 Å². The molecule has 0 fully saturated rings. The van der Waals surface area contributed by atoms with Gasteiger partial charge in [-0.1, -0.05) is 71.3 Å². The number of ether oxygens (including phenoxy) is 1. The molecule has 0 aliphatic heterocycles. The van der Waals surface area contributed by atoms with E-state index in [1.807, 2.05) is 36.4 Å². The molecule has 1 radical (unpaired) electrons. The number of hydrogen-bond donors (Lipinski definition) is 0. The second-order valence-electron chi connectivity index (χ2n) is 6.38. The molecule has 25 heavy (non-hydrogen) atoms. The van der Waals surface area contributed by atoms with Crippen molar-refractivity contribution in [3.8, 4) is 11.5 Å². The Morgan fingerprint density at radius 1 is 0.520 bits per heavy atom. The van der Waals surface area contributed by atoms with Crippen LogP contribution in [0.3, 0.4) is 0 Å². The van der Waals surface area contributed by atoms with Crippen molar-refractivity contribution in [2.24, 2.45) is 0 Å². The third-order valence-corrected chi connectivity index (χ3v) is 4.00. The highest BCUT2D eigenvalue weighted by molar-refractivity contribution is 5.87. The van der Waals surface area contributed by atoms with Gasteiger partial charge in [0, 0.05) is 6.42 Å². The van der Waals surface area contributed by atoms with Crippen LogP contribution >= 0.6 is 0 Å². The Bertz CT molecular complexity index is 817. The van der Waals surface area contributed by atoms with E-state index in [0.717, 1.165) is 11.5 Å². The Hall–Kier alpha value is -2.80. The van der Waals surface area contributed by atoms with Crippen LogP contribution in [0.5, 0.6) is 11.5 Å². The van der Waals surface area contributed by atoms with Crippen LogP contribution in [0.2, 0.25) is 0 Å². The van der Waals surface area contributed by atoms with Crippen molar-refractivity contribution in [1.82, 2.24) is 0 Å². The summed E-state index contributed by atoms with van der Waals surface area (Å²) in [6, 6.07) is 24.7. The molecule has 0 saturated heterocycles. The van der Waals surface area contributed by atoms with E-state index in [2.05, 4.69) is 69.7 Å². The molecule has 1 aliphatic carbocycles. The summed E-state index contributed by atoms with van der Waals surface area (Å²) in [4.78, 5) is 0. The maximum atomic E-state index is 5.76. The average Bonchev–Trinajstić information content (AvgIpc) is 3.46. The minimum absolute atomic E-state index is 0.874. The molecule has 0 heterocycles. The molecule has 0 saturated carbocycles. The van der Waals surface area contributed by atoms with Gasteiger partial charge in [0.15, 0.2) is 0 Å². The zero-order valence-electron chi connectivity index (χ0n) is 15.0. The van der Waals surface area contributed by atoms with Crippen LogP contribution in [0.4, 0.5) is 0 Å². The maximum Gasteiger partial charge on any atom is 0.127 e. The molecule has 1 nitrogen and oxygen atoms in total. The normalized spacial score (nSPS) is 11.9. The van der Waals surface area contributed by atoms with Crippen molar-refractivity contribution in [2.45, 2.75) is 20.8 Å². The number of hydrogen-bond acceptors (Lipinski definition) is 1. The third-order valence-electron chi connectivity index (χ3n) is 4.00. The second-order valence-corrected chi connectivity index (χ2v) is 6.38. The minimum Gasteiger partial charge on any atom is -0.457 e. The van der Waals surface area contributed by atoms with E-state index in [4.69, 9.17) is 4.74 Å². The van der Waals surface area contributed by atoms with Gasteiger partial charge < -0.3 is 4.74 Å². The largest absolute Gasteiger partial charge is 0.457 e. The maximum absolute atomic E-state index is 5.76. The van der Waals surface area contributed by atoms with E-state index < -0.39 is 0 Å². The van der Waals surface area contributed by atoms with Crippen LogP contribution in [0.15, 0.2) is 78.9 Å². The van der Waals surface area contributed by atoms with E-state index in [9.17, 15) is 0 Å². The molecule has 0 atom stereocenters. The predicted octanol–water partition coefficient (Wildman–Crippen LogP) is 6.69. The summed E-state index contributed by atoms with van der Waals surface area (Å²) in [5.41, 5.74) is 6.46. The number of benzene rings is 3. The molecule has 0 bridgehead atoms. The van der Waals surface area contributed by atoms with Crippen LogP contribution in [0.1, 0.15) is 22.3 Å². The van der Waals surface area contributed by atoms with Crippen LogP contribution in [-0.2, 0) is 0 Å². The first-order chi connectivity index (χ1) is 12.1. The molecule has 1 aliphatic rings. The van der Waals surface area contributed by atoms with E-state index >= 15 is 0 Å². The van der Waals surface area contributed by atoms with Gasteiger partial charge in [0.2, 0.25) is 0 Å². The lowest BCUT2D eigenvalue weighted by Crippen LogP contribution is -1.84. The summed E-state index contributed by atoms with van der Waals surface area (Å²) >= 11 is 0. The first-order valence-corrected chi connectivity index (χ1v) is 8.53. The van der Waals surface area contributed by atoms with Crippen LogP contribution < -0.4 is 4.74 Å². The monoisotopic (exact) mass is 327 g/mol. The van der Waals surface area contributed by atoms with Gasteiger partial charge in [0.25, 0.3) is 0 Å². The number of aryl methyl sites for hydroxylation is 3. The van der Waals surface area contributed by atoms with Crippen LogP contribution in [-0.4, -0.2) is 0 Å². The van der Waals surface area contributed by atoms with Crippen molar-refractivity contribution in [1.29, 1.82) is 0 Å². The topological polar surface area (TPSA) is 9.23 Å². The van der Waals surface area contributed by atoms with Gasteiger partial charge in [0.05, 0.1) is 0 Å². The van der Waals surface area contributed by atoms with Crippen molar-refractivity contribution in [3.05, 3.63) is 108 Å². The smallest absolute Gasteiger partial charge is 0.127 e. The van der Waals surface area contributed by atoms with Crippen molar-refractivity contribution >= 4 is 5.57 Å². The van der Waals surface area contributed by atoms with Gasteiger partial charge in [0.1, 0.15) is 11.5 Å². The van der Waals surface area contributed by atoms with Crippen molar-refractivity contribution in [3.63, 3.8) is 0 Å². The summed E-state index contributed by atoms with van der Waals surface area (Å²) in [5, 5.41) is 0. The van der Waals surface area contributed by atoms with Crippen molar-refractivity contribution < 1.29 is 4.74 Å². The molecular weight excluding hydrogens is 304 g/mol. The standard InChI is InChI=1S/C16H13O.C8H10/c1-12-2-8-15(9-3-12)17-16-10-6-14(7-11-16)13-4-5-13;1-7-3-5-8(2)6-4-7/h2-11H,1H3;3-6H,1-2H3. The summed E-state index contributed by atoms with van der Waals surface area (Å²) in [6.07, 6.45) is 4.21. The highest BCUT2D eigenvalue weighted by atomic mass is 16.5. The van der Waals surface area contributed by atoms with E-state index in [1.54, 1.807) is 0 Å². The molecule has 0 N–H and O–H groups in total. The summed E-state index contributed by atoms with van der Waals surface area (Å²) in [7, 11) is 0. The van der Waals surface area contributed by atoms with E-state index in [1.165, 1.54) is 27.8 Å². The first-order valence-electron chi connectivity index (χ1n) is 8.53. The molecule has 125 valence electrons. The summed E-state index contributed by atoms with van der Waals surface area (Å²) in [6.45, 7) is 6.26. The Morgan fingerprint density at radius 2 is 0.880 bits per heavy atom. The minimum atomic E-state index is 0.874. The molecular formula is C24H23O. The van der Waals surface area contributed by atoms with Gasteiger partial charge in [-0.15, -0.1) is 0 Å². The summed E-state index contributed by atoms with van der Waals surface area (Å²) < 4.78 is 5.76. The fourth-order valence-corrected chi connectivity index (χ4v) is 2.33. The lowest BCUT2D eigenvalue weighted by atomic mass is 10.2. The van der Waals surface area contributed by atoms with Gasteiger partial charge in [-0.3, -0.25) is 0 Å². The molecule has 3 aromatic rings. The molecule has 3 aromatic carbocycles. The molecule has 4 rings (SSSR count). The Labute approximate surface area is 150 Å². The predicted molar refractivity (Wildman–Crippen MR) is 106 cm³/mol. The van der Waals surface area contributed by atoms with Gasteiger partial charge in [-0.2, -0.15) is 0 Å². The average molecular weight is 327 g/mol. The van der Waals surface area contributed by atoms with Crippen molar-refractivity contribution in [2.75, 3.05) is 0 Å². The fraction of sp³-hybridized carbons (Fsp3) is 0.125.